The number of aromatic nitrogens is 1. The molecule has 5 nitrogen and oxygen atoms in total. The molecule has 1 heterocycles. The lowest BCUT2D eigenvalue weighted by Gasteiger charge is -2.06. The summed E-state index contributed by atoms with van der Waals surface area (Å²) in [5, 5.41) is 6.46. The van der Waals surface area contributed by atoms with E-state index in [2.05, 4.69) is 26.4 Å². The number of nitrogens with zero attached hydrogens (tertiary/aromatic N) is 1. The fourth-order valence-electron chi connectivity index (χ4n) is 1.50. The van der Waals surface area contributed by atoms with E-state index < -0.39 is 0 Å². The maximum Gasteiger partial charge on any atom is 0.253 e. The Hall–Kier alpha value is -1.82. The summed E-state index contributed by atoms with van der Waals surface area (Å²) in [6.45, 7) is 2.11. The number of nitrogens with one attached hydrogen (secondary N) is 1. The lowest BCUT2D eigenvalue weighted by molar-refractivity contribution is 0.0948. The molecule has 0 aliphatic carbocycles. The van der Waals surface area contributed by atoms with E-state index in [0.29, 0.717) is 17.0 Å². The number of hydrogen-bond donors (Lipinski definition) is 2. The first-order valence-electron chi connectivity index (χ1n) is 5.31. The third-order valence-electron chi connectivity index (χ3n) is 2.36. The molecule has 0 spiro atoms. The summed E-state index contributed by atoms with van der Waals surface area (Å²) in [5.74, 6) is 0.366. The van der Waals surface area contributed by atoms with Gasteiger partial charge in [-0.15, -0.1) is 0 Å². The Morgan fingerprint density at radius 3 is 2.89 bits per heavy atom. The molecule has 18 heavy (non-hydrogen) atoms. The van der Waals surface area contributed by atoms with Crippen LogP contribution in [0.2, 0.25) is 0 Å². The summed E-state index contributed by atoms with van der Waals surface area (Å²) >= 11 is 3.29. The van der Waals surface area contributed by atoms with E-state index in [-0.39, 0.29) is 12.5 Å². The molecule has 3 N–H and O–H groups in total. The van der Waals surface area contributed by atoms with E-state index in [0.717, 1.165) is 10.2 Å². The maximum absolute atomic E-state index is 11.9. The summed E-state index contributed by atoms with van der Waals surface area (Å²) in [4.78, 5) is 11.9. The van der Waals surface area contributed by atoms with Crippen molar-refractivity contribution in [3.8, 4) is 0 Å². The Bertz CT molecular complexity index is 580. The SMILES string of the molecule is Cc1cc(CNC(=O)c2ccc(Br)cc2N)on1. The molecule has 1 amide bonds. The van der Waals surface area contributed by atoms with Crippen LogP contribution in [-0.4, -0.2) is 11.1 Å². The number of rotatable bonds is 3. The predicted octanol–water partition coefficient (Wildman–Crippen LogP) is 2.26. The number of hydrogen-bond acceptors (Lipinski definition) is 4. The van der Waals surface area contributed by atoms with Gasteiger partial charge >= 0.3 is 0 Å². The topological polar surface area (TPSA) is 81.2 Å². The van der Waals surface area contributed by atoms with Gasteiger partial charge < -0.3 is 15.6 Å². The Morgan fingerprint density at radius 2 is 2.28 bits per heavy atom. The van der Waals surface area contributed by atoms with Crippen molar-refractivity contribution in [1.29, 1.82) is 0 Å². The summed E-state index contributed by atoms with van der Waals surface area (Å²) in [6, 6.07) is 6.89. The van der Waals surface area contributed by atoms with E-state index >= 15 is 0 Å². The van der Waals surface area contributed by atoms with Gasteiger partial charge in [0.15, 0.2) is 5.76 Å². The highest BCUT2D eigenvalue weighted by Crippen LogP contribution is 2.18. The Kier molecular flexibility index (Phi) is 3.66. The minimum absolute atomic E-state index is 0.242. The zero-order chi connectivity index (χ0) is 13.1. The minimum Gasteiger partial charge on any atom is -0.398 e. The van der Waals surface area contributed by atoms with Gasteiger partial charge in [-0.1, -0.05) is 21.1 Å². The van der Waals surface area contributed by atoms with Crippen molar-refractivity contribution in [2.24, 2.45) is 0 Å². The van der Waals surface area contributed by atoms with Crippen molar-refractivity contribution in [2.45, 2.75) is 13.5 Å². The number of amides is 1. The quantitative estimate of drug-likeness (QED) is 0.852. The molecule has 6 heteroatoms. The van der Waals surface area contributed by atoms with Gasteiger partial charge in [-0.05, 0) is 25.1 Å². The predicted molar refractivity (Wildman–Crippen MR) is 71.0 cm³/mol. The second kappa shape index (κ2) is 5.22. The monoisotopic (exact) mass is 309 g/mol. The van der Waals surface area contributed by atoms with Crippen LogP contribution in [0.5, 0.6) is 0 Å². The third kappa shape index (κ3) is 2.89. The number of benzene rings is 1. The van der Waals surface area contributed by atoms with Crippen molar-refractivity contribution in [3.63, 3.8) is 0 Å². The molecule has 1 aromatic heterocycles. The smallest absolute Gasteiger partial charge is 0.253 e. The number of halogens is 1. The molecule has 2 aromatic rings. The number of nitrogen functional groups attached to an aromatic ring is 1. The zero-order valence-electron chi connectivity index (χ0n) is 9.74. The molecule has 0 fully saturated rings. The summed E-state index contributed by atoms with van der Waals surface area (Å²) in [5.41, 5.74) is 7.41. The molecule has 1 aromatic carbocycles. The van der Waals surface area contributed by atoms with Crippen LogP contribution >= 0.6 is 15.9 Å². The van der Waals surface area contributed by atoms with Crippen LogP contribution in [0, 0.1) is 6.92 Å². The summed E-state index contributed by atoms with van der Waals surface area (Å²) in [7, 11) is 0. The largest absolute Gasteiger partial charge is 0.398 e. The van der Waals surface area contributed by atoms with Gasteiger partial charge in [-0.3, -0.25) is 4.79 Å². The van der Waals surface area contributed by atoms with E-state index in [9.17, 15) is 4.79 Å². The molecule has 0 saturated carbocycles. The molecule has 0 bridgehead atoms. The Morgan fingerprint density at radius 1 is 1.50 bits per heavy atom. The fourth-order valence-corrected chi connectivity index (χ4v) is 1.88. The van der Waals surface area contributed by atoms with Crippen LogP contribution in [0.1, 0.15) is 21.8 Å². The zero-order valence-corrected chi connectivity index (χ0v) is 11.3. The van der Waals surface area contributed by atoms with Crippen molar-refractivity contribution < 1.29 is 9.32 Å². The Balaban J connectivity index is 2.03. The van der Waals surface area contributed by atoms with Crippen molar-refractivity contribution >= 4 is 27.5 Å². The molecule has 2 rings (SSSR count). The van der Waals surface area contributed by atoms with Gasteiger partial charge in [0.1, 0.15) is 0 Å². The molecule has 94 valence electrons. The molecule has 0 aliphatic heterocycles. The van der Waals surface area contributed by atoms with Crippen molar-refractivity contribution in [1.82, 2.24) is 10.5 Å². The highest BCUT2D eigenvalue weighted by atomic mass is 79.9. The second-order valence-electron chi connectivity index (χ2n) is 3.85. The normalized spacial score (nSPS) is 10.3. The number of anilines is 1. The average Bonchev–Trinajstić information content (AvgIpc) is 2.72. The number of carbonyl (C=O) groups is 1. The first-order valence-corrected chi connectivity index (χ1v) is 6.11. The van der Waals surface area contributed by atoms with E-state index in [1.54, 1.807) is 24.3 Å². The number of carbonyl (C=O) groups excluding carboxylic acids is 1. The molecular weight excluding hydrogens is 298 g/mol. The van der Waals surface area contributed by atoms with Crippen molar-refractivity contribution in [3.05, 3.63) is 45.8 Å². The van der Waals surface area contributed by atoms with Crippen LogP contribution in [0.25, 0.3) is 0 Å². The maximum atomic E-state index is 11.9. The van der Waals surface area contributed by atoms with E-state index in [4.69, 9.17) is 10.3 Å². The summed E-state index contributed by atoms with van der Waals surface area (Å²) < 4.78 is 5.83. The molecule has 0 aliphatic rings. The highest BCUT2D eigenvalue weighted by Gasteiger charge is 2.10. The molecular formula is C12H12BrN3O2. The standard InChI is InChI=1S/C12H12BrN3O2/c1-7-4-9(18-16-7)6-15-12(17)10-3-2-8(13)5-11(10)14/h2-5H,6,14H2,1H3,(H,15,17). The lowest BCUT2D eigenvalue weighted by Crippen LogP contribution is -2.23. The average molecular weight is 310 g/mol. The van der Waals surface area contributed by atoms with Gasteiger partial charge in [0.2, 0.25) is 0 Å². The fraction of sp³-hybridized carbons (Fsp3) is 0.167. The van der Waals surface area contributed by atoms with E-state index in [1.165, 1.54) is 0 Å². The van der Waals surface area contributed by atoms with Crippen LogP contribution < -0.4 is 11.1 Å². The lowest BCUT2D eigenvalue weighted by atomic mass is 10.1. The van der Waals surface area contributed by atoms with Crippen LogP contribution in [0.15, 0.2) is 33.3 Å². The highest BCUT2D eigenvalue weighted by molar-refractivity contribution is 9.10. The number of nitrogens with two attached hydrogens (primary N) is 1. The molecule has 0 unspecified atom stereocenters. The molecule has 0 saturated heterocycles. The van der Waals surface area contributed by atoms with Crippen LogP contribution in [-0.2, 0) is 6.54 Å². The van der Waals surface area contributed by atoms with Gasteiger partial charge in [-0.25, -0.2) is 0 Å². The second-order valence-corrected chi connectivity index (χ2v) is 4.76. The minimum atomic E-state index is -0.242. The molecule has 0 atom stereocenters. The van der Waals surface area contributed by atoms with Gasteiger partial charge in [0, 0.05) is 16.2 Å². The molecule has 0 radical (unpaired) electrons. The first kappa shape index (κ1) is 12.6. The van der Waals surface area contributed by atoms with Crippen molar-refractivity contribution in [2.75, 3.05) is 5.73 Å². The Labute approximate surface area is 112 Å². The third-order valence-corrected chi connectivity index (χ3v) is 2.85. The first-order chi connectivity index (χ1) is 8.56. The number of aryl methyl sites for hydroxylation is 1. The van der Waals surface area contributed by atoms with Gasteiger partial charge in [0.05, 0.1) is 17.8 Å². The van der Waals surface area contributed by atoms with Gasteiger partial charge in [-0.2, -0.15) is 0 Å². The summed E-state index contributed by atoms with van der Waals surface area (Å²) in [6.07, 6.45) is 0. The van der Waals surface area contributed by atoms with E-state index in [1.807, 2.05) is 6.92 Å². The van der Waals surface area contributed by atoms with Gasteiger partial charge in [0.25, 0.3) is 5.91 Å². The van der Waals surface area contributed by atoms with Crippen LogP contribution in [0.4, 0.5) is 5.69 Å². The van der Waals surface area contributed by atoms with Crippen LogP contribution in [0.3, 0.4) is 0 Å².